The number of anilines is 2. The minimum Gasteiger partial charge on any atom is -0.396 e. The van der Waals surface area contributed by atoms with Crippen LogP contribution in [-0.2, 0) is 6.54 Å². The molecule has 5 heteroatoms. The number of nitrogen functional groups attached to an aromatic ring is 1. The van der Waals surface area contributed by atoms with Crippen LogP contribution >= 0.6 is 11.6 Å². The van der Waals surface area contributed by atoms with Crippen molar-refractivity contribution in [1.82, 2.24) is 9.97 Å². The SMILES string of the molecule is Cc1ccc(CNc2c(N)cncc2Cl)cn1. The Bertz CT molecular complexity index is 490. The van der Waals surface area contributed by atoms with E-state index >= 15 is 0 Å². The van der Waals surface area contributed by atoms with Crippen LogP contribution in [0, 0.1) is 6.92 Å². The Hall–Kier alpha value is -1.81. The number of halogens is 1. The standard InChI is InChI=1S/C12H13ClN4/c1-8-2-3-9(4-16-8)5-17-12-10(13)6-15-7-11(12)14/h2-4,6-7H,5,14H2,1H3,(H,15,17). The van der Waals surface area contributed by atoms with Crippen LogP contribution < -0.4 is 11.1 Å². The summed E-state index contributed by atoms with van der Waals surface area (Å²) in [7, 11) is 0. The smallest absolute Gasteiger partial charge is 0.0841 e. The zero-order valence-electron chi connectivity index (χ0n) is 9.44. The van der Waals surface area contributed by atoms with Gasteiger partial charge in [0.1, 0.15) is 0 Å². The van der Waals surface area contributed by atoms with Crippen molar-refractivity contribution in [2.75, 3.05) is 11.1 Å². The number of hydrogen-bond acceptors (Lipinski definition) is 4. The van der Waals surface area contributed by atoms with E-state index in [0.717, 1.165) is 11.3 Å². The van der Waals surface area contributed by atoms with E-state index in [1.807, 2.05) is 25.3 Å². The highest BCUT2D eigenvalue weighted by Gasteiger charge is 2.04. The number of aryl methyl sites for hydroxylation is 1. The first-order chi connectivity index (χ1) is 8.16. The summed E-state index contributed by atoms with van der Waals surface area (Å²) in [6, 6.07) is 3.98. The van der Waals surface area contributed by atoms with Gasteiger partial charge in [-0.2, -0.15) is 0 Å². The fraction of sp³-hybridized carbons (Fsp3) is 0.167. The quantitative estimate of drug-likeness (QED) is 0.877. The van der Waals surface area contributed by atoms with Crippen molar-refractivity contribution in [1.29, 1.82) is 0 Å². The van der Waals surface area contributed by atoms with Crippen LogP contribution in [0.1, 0.15) is 11.3 Å². The average molecular weight is 249 g/mol. The molecule has 0 unspecified atom stereocenters. The summed E-state index contributed by atoms with van der Waals surface area (Å²) in [4.78, 5) is 8.12. The van der Waals surface area contributed by atoms with E-state index in [2.05, 4.69) is 15.3 Å². The molecule has 0 saturated carbocycles. The zero-order valence-corrected chi connectivity index (χ0v) is 10.2. The molecule has 0 aliphatic rings. The number of rotatable bonds is 3. The second kappa shape index (κ2) is 5.01. The third kappa shape index (κ3) is 2.85. The van der Waals surface area contributed by atoms with Gasteiger partial charge in [0, 0.05) is 24.6 Å². The third-order valence-electron chi connectivity index (χ3n) is 2.37. The molecule has 2 aromatic heterocycles. The first-order valence-corrected chi connectivity index (χ1v) is 5.59. The number of hydrogen-bond donors (Lipinski definition) is 2. The molecule has 0 bridgehead atoms. The Balaban J connectivity index is 2.10. The van der Waals surface area contributed by atoms with Gasteiger partial charge in [0.15, 0.2) is 0 Å². The van der Waals surface area contributed by atoms with Gasteiger partial charge in [0.25, 0.3) is 0 Å². The molecule has 0 spiro atoms. The molecule has 0 aliphatic heterocycles. The number of aromatic nitrogens is 2. The van der Waals surface area contributed by atoms with Crippen LogP contribution in [0.3, 0.4) is 0 Å². The maximum absolute atomic E-state index is 6.00. The highest BCUT2D eigenvalue weighted by atomic mass is 35.5. The molecule has 4 nitrogen and oxygen atoms in total. The molecule has 0 amide bonds. The monoisotopic (exact) mass is 248 g/mol. The summed E-state index contributed by atoms with van der Waals surface area (Å²) in [5.74, 6) is 0. The van der Waals surface area contributed by atoms with Gasteiger partial charge in [-0.05, 0) is 18.6 Å². The van der Waals surface area contributed by atoms with Crippen molar-refractivity contribution in [3.8, 4) is 0 Å². The lowest BCUT2D eigenvalue weighted by atomic mass is 10.2. The Morgan fingerprint density at radius 2 is 2.12 bits per heavy atom. The predicted molar refractivity (Wildman–Crippen MR) is 70.0 cm³/mol. The van der Waals surface area contributed by atoms with Gasteiger partial charge in [-0.25, -0.2) is 0 Å². The van der Waals surface area contributed by atoms with E-state index in [4.69, 9.17) is 17.3 Å². The van der Waals surface area contributed by atoms with E-state index in [-0.39, 0.29) is 0 Å². The molecule has 0 saturated heterocycles. The Morgan fingerprint density at radius 1 is 1.29 bits per heavy atom. The Morgan fingerprint density at radius 3 is 2.76 bits per heavy atom. The molecular formula is C12H13ClN4. The van der Waals surface area contributed by atoms with E-state index in [1.54, 1.807) is 12.4 Å². The topological polar surface area (TPSA) is 63.8 Å². The first-order valence-electron chi connectivity index (χ1n) is 5.21. The summed E-state index contributed by atoms with van der Waals surface area (Å²) in [5.41, 5.74) is 9.10. The van der Waals surface area contributed by atoms with Gasteiger partial charge in [-0.1, -0.05) is 17.7 Å². The number of pyridine rings is 2. The van der Waals surface area contributed by atoms with Crippen LogP contribution in [-0.4, -0.2) is 9.97 Å². The minimum atomic E-state index is 0.519. The average Bonchev–Trinajstić information content (AvgIpc) is 2.31. The molecule has 3 N–H and O–H groups in total. The minimum absolute atomic E-state index is 0.519. The lowest BCUT2D eigenvalue weighted by Gasteiger charge is -2.10. The molecule has 17 heavy (non-hydrogen) atoms. The van der Waals surface area contributed by atoms with Crippen molar-refractivity contribution in [3.05, 3.63) is 47.0 Å². The summed E-state index contributed by atoms with van der Waals surface area (Å²) < 4.78 is 0. The van der Waals surface area contributed by atoms with Crippen LogP contribution in [0.25, 0.3) is 0 Å². The number of nitrogens with two attached hydrogens (primary N) is 1. The van der Waals surface area contributed by atoms with Crippen molar-refractivity contribution in [3.63, 3.8) is 0 Å². The number of nitrogens with one attached hydrogen (secondary N) is 1. The molecule has 0 aliphatic carbocycles. The highest BCUT2D eigenvalue weighted by molar-refractivity contribution is 6.33. The second-order valence-electron chi connectivity index (χ2n) is 3.75. The van der Waals surface area contributed by atoms with Gasteiger partial charge in [0.2, 0.25) is 0 Å². The fourth-order valence-electron chi connectivity index (χ4n) is 1.43. The maximum Gasteiger partial charge on any atom is 0.0841 e. The summed E-state index contributed by atoms with van der Waals surface area (Å²) in [6.07, 6.45) is 4.96. The van der Waals surface area contributed by atoms with Crippen LogP contribution in [0.5, 0.6) is 0 Å². The van der Waals surface area contributed by atoms with Gasteiger partial charge in [-0.3, -0.25) is 9.97 Å². The molecule has 2 heterocycles. The summed E-state index contributed by atoms with van der Waals surface area (Å²) in [5, 5.41) is 3.70. The summed E-state index contributed by atoms with van der Waals surface area (Å²) in [6.45, 7) is 2.58. The van der Waals surface area contributed by atoms with Gasteiger partial charge in [-0.15, -0.1) is 0 Å². The molecule has 2 aromatic rings. The van der Waals surface area contributed by atoms with Crippen LogP contribution in [0.4, 0.5) is 11.4 Å². The van der Waals surface area contributed by atoms with E-state index in [0.29, 0.717) is 22.9 Å². The molecule has 88 valence electrons. The van der Waals surface area contributed by atoms with Crippen LogP contribution in [0.15, 0.2) is 30.7 Å². The third-order valence-corrected chi connectivity index (χ3v) is 2.66. The van der Waals surface area contributed by atoms with Gasteiger partial charge in [0.05, 0.1) is 22.6 Å². The number of nitrogens with zero attached hydrogens (tertiary/aromatic N) is 2. The Labute approximate surface area is 105 Å². The fourth-order valence-corrected chi connectivity index (χ4v) is 1.66. The molecule has 0 radical (unpaired) electrons. The predicted octanol–water partition coefficient (Wildman–Crippen LogP) is 2.63. The largest absolute Gasteiger partial charge is 0.396 e. The molecule has 0 fully saturated rings. The van der Waals surface area contributed by atoms with Crippen molar-refractivity contribution >= 4 is 23.0 Å². The lowest BCUT2D eigenvalue weighted by Crippen LogP contribution is -2.04. The van der Waals surface area contributed by atoms with Crippen molar-refractivity contribution in [2.45, 2.75) is 13.5 Å². The maximum atomic E-state index is 6.00. The highest BCUT2D eigenvalue weighted by Crippen LogP contribution is 2.26. The first kappa shape index (κ1) is 11.7. The van der Waals surface area contributed by atoms with E-state index < -0.39 is 0 Å². The molecular weight excluding hydrogens is 236 g/mol. The lowest BCUT2D eigenvalue weighted by molar-refractivity contribution is 1.08. The van der Waals surface area contributed by atoms with Crippen LogP contribution in [0.2, 0.25) is 5.02 Å². The van der Waals surface area contributed by atoms with Gasteiger partial charge >= 0.3 is 0 Å². The second-order valence-corrected chi connectivity index (χ2v) is 4.15. The summed E-state index contributed by atoms with van der Waals surface area (Å²) >= 11 is 6.00. The zero-order chi connectivity index (χ0) is 12.3. The van der Waals surface area contributed by atoms with E-state index in [1.165, 1.54) is 0 Å². The molecule has 0 aromatic carbocycles. The Kier molecular flexibility index (Phi) is 3.44. The molecule has 0 atom stereocenters. The van der Waals surface area contributed by atoms with E-state index in [9.17, 15) is 0 Å². The molecule has 2 rings (SSSR count). The van der Waals surface area contributed by atoms with Gasteiger partial charge < -0.3 is 11.1 Å². The van der Waals surface area contributed by atoms with Crippen molar-refractivity contribution < 1.29 is 0 Å². The van der Waals surface area contributed by atoms with Crippen molar-refractivity contribution in [2.24, 2.45) is 0 Å². The normalized spacial score (nSPS) is 10.2.